The van der Waals surface area contributed by atoms with Crippen LogP contribution in [0.4, 0.5) is 0 Å². The van der Waals surface area contributed by atoms with Crippen molar-refractivity contribution in [2.75, 3.05) is 26.2 Å². The third-order valence-corrected chi connectivity index (χ3v) is 4.85. The topological polar surface area (TPSA) is 60.9 Å². The second kappa shape index (κ2) is 8.34. The van der Waals surface area contributed by atoms with Gasteiger partial charge in [-0.1, -0.05) is 35.9 Å². The Labute approximate surface area is 157 Å². The number of piperazine rings is 1. The third-order valence-electron chi connectivity index (χ3n) is 4.60. The van der Waals surface area contributed by atoms with Gasteiger partial charge in [0, 0.05) is 37.7 Å². The summed E-state index contributed by atoms with van der Waals surface area (Å²) < 4.78 is 0. The molecule has 6 heteroatoms. The van der Waals surface area contributed by atoms with Gasteiger partial charge in [0.1, 0.15) is 0 Å². The molecule has 0 bridgehead atoms. The Morgan fingerprint density at radius 3 is 2.04 bits per heavy atom. The Hall–Kier alpha value is -2.37. The highest BCUT2D eigenvalue weighted by molar-refractivity contribution is 6.30. The molecule has 1 saturated heterocycles. The number of benzene rings is 2. The van der Waals surface area contributed by atoms with Gasteiger partial charge in [-0.2, -0.15) is 0 Å². The minimum Gasteiger partial charge on any atom is -0.478 e. The molecule has 1 aliphatic rings. The molecule has 5 nitrogen and oxygen atoms in total. The van der Waals surface area contributed by atoms with Crippen molar-refractivity contribution >= 4 is 23.5 Å². The Kier molecular flexibility index (Phi) is 5.91. The number of nitrogens with zero attached hydrogens (tertiary/aromatic N) is 2. The summed E-state index contributed by atoms with van der Waals surface area (Å²) in [6.45, 7) is 3.80. The molecule has 1 N–H and O–H groups in total. The molecular formula is C20H21ClN2O3. The van der Waals surface area contributed by atoms with Crippen LogP contribution < -0.4 is 0 Å². The van der Waals surface area contributed by atoms with Gasteiger partial charge >= 0.3 is 5.97 Å². The fraction of sp³-hybridized carbons (Fsp3) is 0.300. The normalized spacial score (nSPS) is 15.0. The van der Waals surface area contributed by atoms with Crippen LogP contribution in [0.25, 0.3) is 0 Å². The number of rotatable bonds is 5. The lowest BCUT2D eigenvalue weighted by atomic mass is 10.1. The van der Waals surface area contributed by atoms with E-state index in [9.17, 15) is 9.59 Å². The van der Waals surface area contributed by atoms with Crippen LogP contribution in [0.15, 0.2) is 48.5 Å². The van der Waals surface area contributed by atoms with Crippen LogP contribution in [0, 0.1) is 0 Å². The molecule has 1 fully saturated rings. The summed E-state index contributed by atoms with van der Waals surface area (Å²) in [4.78, 5) is 27.5. The molecule has 3 rings (SSSR count). The standard InChI is InChI=1S/C20H21ClN2O3/c21-18-7-3-15(4-8-18)13-19(24)23-11-9-22(10-12-23)14-16-1-5-17(6-2-16)20(25)26/h1-8H,9-14H2,(H,25,26). The monoisotopic (exact) mass is 372 g/mol. The van der Waals surface area contributed by atoms with E-state index in [1.165, 1.54) is 0 Å². The number of halogens is 1. The van der Waals surface area contributed by atoms with Gasteiger partial charge in [0.15, 0.2) is 0 Å². The molecule has 0 unspecified atom stereocenters. The summed E-state index contributed by atoms with van der Waals surface area (Å²) in [5.41, 5.74) is 2.35. The second-order valence-electron chi connectivity index (χ2n) is 6.46. The Balaban J connectivity index is 1.48. The van der Waals surface area contributed by atoms with Crippen LogP contribution in [0.1, 0.15) is 21.5 Å². The average molecular weight is 373 g/mol. The first-order valence-corrected chi connectivity index (χ1v) is 8.96. The van der Waals surface area contributed by atoms with E-state index in [1.807, 2.05) is 29.2 Å². The highest BCUT2D eigenvalue weighted by Crippen LogP contribution is 2.13. The zero-order valence-electron chi connectivity index (χ0n) is 14.4. The number of carboxylic acids is 1. The van der Waals surface area contributed by atoms with Crippen molar-refractivity contribution in [1.82, 2.24) is 9.80 Å². The molecule has 2 aromatic carbocycles. The molecule has 0 radical (unpaired) electrons. The molecule has 1 heterocycles. The first kappa shape index (κ1) is 18.4. The Morgan fingerprint density at radius 1 is 0.885 bits per heavy atom. The molecule has 0 aromatic heterocycles. The van der Waals surface area contributed by atoms with E-state index in [0.717, 1.165) is 30.8 Å². The minimum absolute atomic E-state index is 0.137. The number of hydrogen-bond donors (Lipinski definition) is 1. The van der Waals surface area contributed by atoms with Crippen molar-refractivity contribution in [3.8, 4) is 0 Å². The molecule has 0 aliphatic carbocycles. The zero-order valence-corrected chi connectivity index (χ0v) is 15.2. The molecular weight excluding hydrogens is 352 g/mol. The van der Waals surface area contributed by atoms with Crippen LogP contribution in [-0.4, -0.2) is 53.0 Å². The van der Waals surface area contributed by atoms with Gasteiger partial charge in [-0.3, -0.25) is 9.69 Å². The van der Waals surface area contributed by atoms with E-state index in [4.69, 9.17) is 16.7 Å². The fourth-order valence-electron chi connectivity index (χ4n) is 3.05. The summed E-state index contributed by atoms with van der Waals surface area (Å²) >= 11 is 5.87. The largest absolute Gasteiger partial charge is 0.478 e. The van der Waals surface area contributed by atoms with Gasteiger partial charge in [0.25, 0.3) is 0 Å². The molecule has 0 spiro atoms. The quantitative estimate of drug-likeness (QED) is 0.876. The number of hydrogen-bond acceptors (Lipinski definition) is 3. The van der Waals surface area contributed by atoms with Crippen molar-refractivity contribution in [2.24, 2.45) is 0 Å². The maximum Gasteiger partial charge on any atom is 0.335 e. The predicted molar refractivity (Wildman–Crippen MR) is 100 cm³/mol. The lowest BCUT2D eigenvalue weighted by Gasteiger charge is -2.34. The highest BCUT2D eigenvalue weighted by atomic mass is 35.5. The number of carboxylic acid groups (broad SMARTS) is 1. The Morgan fingerprint density at radius 2 is 1.46 bits per heavy atom. The van der Waals surface area contributed by atoms with Gasteiger partial charge in [0.2, 0.25) is 5.91 Å². The molecule has 136 valence electrons. The van der Waals surface area contributed by atoms with Crippen molar-refractivity contribution in [2.45, 2.75) is 13.0 Å². The Bertz CT molecular complexity index is 767. The fourth-order valence-corrected chi connectivity index (χ4v) is 3.18. The molecule has 1 aliphatic heterocycles. The van der Waals surface area contributed by atoms with Crippen LogP contribution in [0.5, 0.6) is 0 Å². The van der Waals surface area contributed by atoms with Crippen molar-refractivity contribution in [1.29, 1.82) is 0 Å². The van der Waals surface area contributed by atoms with Gasteiger partial charge < -0.3 is 10.0 Å². The van der Waals surface area contributed by atoms with E-state index < -0.39 is 5.97 Å². The third kappa shape index (κ3) is 4.84. The number of carbonyl (C=O) groups excluding carboxylic acids is 1. The lowest BCUT2D eigenvalue weighted by molar-refractivity contribution is -0.132. The zero-order chi connectivity index (χ0) is 18.5. The van der Waals surface area contributed by atoms with E-state index in [-0.39, 0.29) is 5.91 Å². The SMILES string of the molecule is O=C(O)c1ccc(CN2CCN(C(=O)Cc3ccc(Cl)cc3)CC2)cc1. The molecule has 2 aromatic rings. The van der Waals surface area contributed by atoms with E-state index in [2.05, 4.69) is 4.90 Å². The van der Waals surface area contributed by atoms with Gasteiger partial charge in [-0.05, 0) is 35.4 Å². The maximum absolute atomic E-state index is 12.4. The van der Waals surface area contributed by atoms with Crippen LogP contribution >= 0.6 is 11.6 Å². The summed E-state index contributed by atoms with van der Waals surface area (Å²) in [6.07, 6.45) is 0.397. The average Bonchev–Trinajstić information content (AvgIpc) is 2.64. The summed E-state index contributed by atoms with van der Waals surface area (Å²) in [6, 6.07) is 14.3. The maximum atomic E-state index is 12.4. The lowest BCUT2D eigenvalue weighted by Crippen LogP contribution is -2.48. The minimum atomic E-state index is -0.913. The number of aromatic carboxylic acids is 1. The van der Waals surface area contributed by atoms with Gasteiger partial charge in [0.05, 0.1) is 12.0 Å². The smallest absolute Gasteiger partial charge is 0.335 e. The van der Waals surface area contributed by atoms with E-state index >= 15 is 0 Å². The van der Waals surface area contributed by atoms with Gasteiger partial charge in [-0.25, -0.2) is 4.79 Å². The second-order valence-corrected chi connectivity index (χ2v) is 6.90. The summed E-state index contributed by atoms with van der Waals surface area (Å²) in [5, 5.41) is 9.62. The molecule has 0 atom stereocenters. The van der Waals surface area contributed by atoms with Crippen molar-refractivity contribution < 1.29 is 14.7 Å². The molecule has 1 amide bonds. The summed E-state index contributed by atoms with van der Waals surface area (Å²) in [7, 11) is 0. The van der Waals surface area contributed by atoms with Crippen molar-refractivity contribution in [3.05, 3.63) is 70.2 Å². The van der Waals surface area contributed by atoms with Gasteiger partial charge in [-0.15, -0.1) is 0 Å². The number of amides is 1. The van der Waals surface area contributed by atoms with E-state index in [0.29, 0.717) is 30.1 Å². The summed E-state index contributed by atoms with van der Waals surface area (Å²) in [5.74, 6) is -0.776. The van der Waals surface area contributed by atoms with Crippen LogP contribution in [-0.2, 0) is 17.8 Å². The molecule has 26 heavy (non-hydrogen) atoms. The van der Waals surface area contributed by atoms with E-state index in [1.54, 1.807) is 24.3 Å². The predicted octanol–water partition coefficient (Wildman–Crippen LogP) is 2.93. The van der Waals surface area contributed by atoms with Crippen LogP contribution in [0.3, 0.4) is 0 Å². The highest BCUT2D eigenvalue weighted by Gasteiger charge is 2.21. The first-order valence-electron chi connectivity index (χ1n) is 8.58. The van der Waals surface area contributed by atoms with Crippen LogP contribution in [0.2, 0.25) is 5.02 Å². The first-order chi connectivity index (χ1) is 12.5. The molecule has 0 saturated carbocycles. The van der Waals surface area contributed by atoms with Crippen molar-refractivity contribution in [3.63, 3.8) is 0 Å². The number of carbonyl (C=O) groups is 2.